The van der Waals surface area contributed by atoms with E-state index in [1.54, 1.807) is 0 Å². The number of hydrogen-bond acceptors (Lipinski definition) is 3. The molecule has 7 heteroatoms. The highest BCUT2D eigenvalue weighted by Crippen LogP contribution is 2.36. The third-order valence-corrected chi connectivity index (χ3v) is 5.71. The van der Waals surface area contributed by atoms with Crippen LogP contribution in [0.3, 0.4) is 0 Å². The Morgan fingerprint density at radius 2 is 2.10 bits per heavy atom. The molecule has 0 heterocycles. The van der Waals surface area contributed by atoms with E-state index in [1.807, 2.05) is 6.92 Å². The predicted molar refractivity (Wildman–Crippen MR) is 75.6 cm³/mol. The Kier molecular flexibility index (Phi) is 4.09. The number of sulfonamides is 1. The molecule has 110 valence electrons. The first-order chi connectivity index (χ1) is 9.30. The van der Waals surface area contributed by atoms with E-state index >= 15 is 0 Å². The SMILES string of the molecule is CCC1(NS(=O)(=O)c2ccc(C(=O)O)c(Cl)c2)CCC1. The van der Waals surface area contributed by atoms with Gasteiger partial charge < -0.3 is 5.11 Å². The van der Waals surface area contributed by atoms with Gasteiger partial charge in [0, 0.05) is 5.54 Å². The first-order valence-electron chi connectivity index (χ1n) is 6.36. The normalized spacial score (nSPS) is 17.5. The highest BCUT2D eigenvalue weighted by Gasteiger charge is 2.39. The number of carboxylic acids is 1. The summed E-state index contributed by atoms with van der Waals surface area (Å²) in [6, 6.07) is 3.65. The molecule has 0 radical (unpaired) electrons. The van der Waals surface area contributed by atoms with Crippen molar-refractivity contribution in [1.29, 1.82) is 0 Å². The molecule has 2 N–H and O–H groups in total. The average Bonchev–Trinajstić information content (AvgIpc) is 2.33. The van der Waals surface area contributed by atoms with Gasteiger partial charge in [-0.05, 0) is 43.9 Å². The van der Waals surface area contributed by atoms with Gasteiger partial charge in [0.05, 0.1) is 15.5 Å². The van der Waals surface area contributed by atoms with Crippen LogP contribution in [0, 0.1) is 0 Å². The lowest BCUT2D eigenvalue weighted by Gasteiger charge is -2.41. The summed E-state index contributed by atoms with van der Waals surface area (Å²) in [5.74, 6) is -1.18. The molecule has 5 nitrogen and oxygen atoms in total. The van der Waals surface area contributed by atoms with Gasteiger partial charge in [0.2, 0.25) is 10.0 Å². The van der Waals surface area contributed by atoms with Crippen molar-refractivity contribution in [3.8, 4) is 0 Å². The van der Waals surface area contributed by atoms with E-state index in [0.29, 0.717) is 0 Å². The molecular weight excluding hydrogens is 302 g/mol. The van der Waals surface area contributed by atoms with Crippen molar-refractivity contribution in [2.75, 3.05) is 0 Å². The predicted octanol–water partition coefficient (Wildman–Crippen LogP) is 2.65. The zero-order valence-corrected chi connectivity index (χ0v) is 12.6. The van der Waals surface area contributed by atoms with Crippen LogP contribution in [-0.2, 0) is 10.0 Å². The maximum atomic E-state index is 12.3. The molecule has 1 aromatic rings. The first-order valence-corrected chi connectivity index (χ1v) is 8.23. The van der Waals surface area contributed by atoms with E-state index in [4.69, 9.17) is 16.7 Å². The molecule has 2 rings (SSSR count). The topological polar surface area (TPSA) is 83.5 Å². The molecule has 1 aromatic carbocycles. The minimum Gasteiger partial charge on any atom is -0.478 e. The van der Waals surface area contributed by atoms with Gasteiger partial charge >= 0.3 is 5.97 Å². The number of hydrogen-bond donors (Lipinski definition) is 2. The van der Waals surface area contributed by atoms with E-state index < -0.39 is 16.0 Å². The molecular formula is C13H16ClNO4S. The smallest absolute Gasteiger partial charge is 0.337 e. The molecule has 0 aliphatic heterocycles. The fourth-order valence-electron chi connectivity index (χ4n) is 2.31. The van der Waals surface area contributed by atoms with E-state index in [2.05, 4.69) is 4.72 Å². The van der Waals surface area contributed by atoms with Gasteiger partial charge in [-0.25, -0.2) is 17.9 Å². The van der Waals surface area contributed by atoms with Crippen molar-refractivity contribution in [3.05, 3.63) is 28.8 Å². The molecule has 0 aromatic heterocycles. The van der Waals surface area contributed by atoms with Crippen LogP contribution in [0.5, 0.6) is 0 Å². The summed E-state index contributed by atoms with van der Waals surface area (Å²) in [7, 11) is -3.68. The summed E-state index contributed by atoms with van der Waals surface area (Å²) < 4.78 is 27.3. The van der Waals surface area contributed by atoms with Crippen LogP contribution in [-0.4, -0.2) is 25.0 Å². The largest absolute Gasteiger partial charge is 0.478 e. The quantitative estimate of drug-likeness (QED) is 0.874. The Balaban J connectivity index is 2.30. The van der Waals surface area contributed by atoms with Crippen molar-refractivity contribution >= 4 is 27.6 Å². The van der Waals surface area contributed by atoms with Crippen LogP contribution >= 0.6 is 11.6 Å². The number of nitrogens with one attached hydrogen (secondary N) is 1. The Morgan fingerprint density at radius 1 is 1.45 bits per heavy atom. The Morgan fingerprint density at radius 3 is 2.50 bits per heavy atom. The third-order valence-electron chi connectivity index (χ3n) is 3.82. The summed E-state index contributed by atoms with van der Waals surface area (Å²) in [6.45, 7) is 1.95. The van der Waals surface area contributed by atoms with E-state index in [0.717, 1.165) is 25.7 Å². The van der Waals surface area contributed by atoms with E-state index in [9.17, 15) is 13.2 Å². The maximum absolute atomic E-state index is 12.3. The number of carboxylic acid groups (broad SMARTS) is 1. The number of carbonyl (C=O) groups is 1. The van der Waals surface area contributed by atoms with E-state index in [-0.39, 0.29) is 21.0 Å². The van der Waals surface area contributed by atoms with E-state index in [1.165, 1.54) is 18.2 Å². The highest BCUT2D eigenvalue weighted by atomic mass is 35.5. The average molecular weight is 318 g/mol. The molecule has 0 amide bonds. The molecule has 0 atom stereocenters. The van der Waals surface area contributed by atoms with Crippen LogP contribution in [0.2, 0.25) is 5.02 Å². The van der Waals surface area contributed by atoms with Crippen LogP contribution in [0.25, 0.3) is 0 Å². The maximum Gasteiger partial charge on any atom is 0.337 e. The lowest BCUT2D eigenvalue weighted by atomic mass is 9.76. The zero-order chi connectivity index (χ0) is 15.0. The third kappa shape index (κ3) is 2.82. The Labute approximate surface area is 123 Å². The summed E-state index contributed by atoms with van der Waals surface area (Å²) in [5.41, 5.74) is -0.476. The van der Waals surface area contributed by atoms with Crippen LogP contribution < -0.4 is 4.72 Å². The van der Waals surface area contributed by atoms with Gasteiger partial charge in [-0.15, -0.1) is 0 Å². The molecule has 0 unspecified atom stereocenters. The Bertz CT molecular complexity index is 632. The lowest BCUT2D eigenvalue weighted by Crippen LogP contribution is -2.52. The van der Waals surface area contributed by atoms with Crippen LogP contribution in [0.15, 0.2) is 23.1 Å². The van der Waals surface area contributed by atoms with Crippen molar-refractivity contribution < 1.29 is 18.3 Å². The van der Waals surface area contributed by atoms with Gasteiger partial charge in [0.1, 0.15) is 0 Å². The molecule has 0 saturated heterocycles. The highest BCUT2D eigenvalue weighted by molar-refractivity contribution is 7.89. The second kappa shape index (κ2) is 5.35. The van der Waals surface area contributed by atoms with Crippen molar-refractivity contribution in [2.24, 2.45) is 0 Å². The van der Waals surface area contributed by atoms with Crippen LogP contribution in [0.4, 0.5) is 0 Å². The lowest BCUT2D eigenvalue weighted by molar-refractivity contribution is 0.0697. The molecule has 1 aliphatic rings. The zero-order valence-electron chi connectivity index (χ0n) is 11.0. The van der Waals surface area contributed by atoms with Gasteiger partial charge in [-0.3, -0.25) is 0 Å². The number of halogens is 1. The first kappa shape index (κ1) is 15.3. The molecule has 1 fully saturated rings. The standard InChI is InChI=1S/C13H16ClNO4S/c1-2-13(6-3-7-13)15-20(18,19)9-4-5-10(12(16)17)11(14)8-9/h4-5,8,15H,2-3,6-7H2,1H3,(H,16,17). The summed E-state index contributed by atoms with van der Waals surface area (Å²) in [4.78, 5) is 10.9. The second-order valence-electron chi connectivity index (χ2n) is 5.04. The van der Waals surface area contributed by atoms with Crippen molar-refractivity contribution in [1.82, 2.24) is 4.72 Å². The minimum atomic E-state index is -3.68. The molecule has 20 heavy (non-hydrogen) atoms. The van der Waals surface area contributed by atoms with Gasteiger partial charge in [-0.2, -0.15) is 0 Å². The number of benzene rings is 1. The van der Waals surface area contributed by atoms with Gasteiger partial charge in [0.15, 0.2) is 0 Å². The number of rotatable bonds is 5. The monoisotopic (exact) mass is 317 g/mol. The molecule has 1 saturated carbocycles. The Hall–Kier alpha value is -1.11. The van der Waals surface area contributed by atoms with Gasteiger partial charge in [-0.1, -0.05) is 18.5 Å². The summed E-state index contributed by atoms with van der Waals surface area (Å²) in [6.07, 6.45) is 3.38. The van der Waals surface area contributed by atoms with Crippen LogP contribution in [0.1, 0.15) is 43.0 Å². The molecule has 0 bridgehead atoms. The van der Waals surface area contributed by atoms with Crippen molar-refractivity contribution in [2.45, 2.75) is 43.0 Å². The van der Waals surface area contributed by atoms with Gasteiger partial charge in [0.25, 0.3) is 0 Å². The summed E-state index contributed by atoms with van der Waals surface area (Å²) in [5, 5.41) is 8.80. The number of aromatic carboxylic acids is 1. The summed E-state index contributed by atoms with van der Waals surface area (Å²) >= 11 is 5.81. The molecule has 1 aliphatic carbocycles. The minimum absolute atomic E-state index is 0.00720. The molecule has 0 spiro atoms. The fraction of sp³-hybridized carbons (Fsp3) is 0.462. The second-order valence-corrected chi connectivity index (χ2v) is 7.13. The van der Waals surface area contributed by atoms with Crippen molar-refractivity contribution in [3.63, 3.8) is 0 Å². The fourth-order valence-corrected chi connectivity index (χ4v) is 4.19.